The Balaban J connectivity index is 0.000000214. The van der Waals surface area contributed by atoms with E-state index in [1.165, 1.54) is 75.6 Å². The average Bonchev–Trinajstić information content (AvgIpc) is 2.11. The molecule has 6 heterocycles. The van der Waals surface area contributed by atoms with Gasteiger partial charge in [-0.3, -0.25) is 4.98 Å². The maximum atomic E-state index is 6.33. The number of pyridine rings is 2. The first-order valence-corrected chi connectivity index (χ1v) is 47.4. The zero-order valence-electron chi connectivity index (χ0n) is 54.8. The number of halogens is 1. The van der Waals surface area contributed by atoms with E-state index in [1.807, 2.05) is 58.9 Å². The SMILES string of the molecule is C=CC.C=Cc1ccc(-c2cnn3c(N(COCC[Si](C)(C)C)COCC[Si](C)(C)C)cc(C4C[C@H]5CC[C@@H](C4)C5)nc23)cn1.C[Si](C)(C)CCOCN(COCC[Si](C)(C)C)c1cc(C2C[C@H]3CC[C@@H](C2)C3)nc2c(-c3ccc(Cl)nc3)cnn12. The molecule has 4 aliphatic carbocycles. The van der Waals surface area contributed by atoms with E-state index in [0.29, 0.717) is 43.9 Å². The van der Waals surface area contributed by atoms with Crippen LogP contribution in [0.4, 0.5) is 11.6 Å². The third-order valence-electron chi connectivity index (χ3n) is 17.5. The van der Waals surface area contributed by atoms with Gasteiger partial charge in [0.15, 0.2) is 11.3 Å². The van der Waals surface area contributed by atoms with Crippen molar-refractivity contribution in [3.63, 3.8) is 0 Å². The summed E-state index contributed by atoms with van der Waals surface area (Å²) in [5.74, 6) is 6.26. The van der Waals surface area contributed by atoms with E-state index in [2.05, 4.69) is 130 Å². The number of aromatic nitrogens is 8. The molecular formula is C67H105ClN10O4Si4. The number of hydrogen-bond acceptors (Lipinski definition) is 12. The lowest BCUT2D eigenvalue weighted by Crippen LogP contribution is -2.33. The molecule has 0 aliphatic heterocycles. The number of ether oxygens (including phenoxy) is 4. The summed E-state index contributed by atoms with van der Waals surface area (Å²) in [7, 11) is -4.78. The Labute approximate surface area is 525 Å². The molecule has 0 saturated heterocycles. The van der Waals surface area contributed by atoms with Gasteiger partial charge in [0.1, 0.15) is 43.7 Å². The van der Waals surface area contributed by atoms with Crippen molar-refractivity contribution in [2.24, 2.45) is 23.7 Å². The van der Waals surface area contributed by atoms with E-state index in [0.717, 1.165) is 125 Å². The van der Waals surface area contributed by atoms with Crippen molar-refractivity contribution >= 4 is 72.9 Å². The number of anilines is 2. The highest BCUT2D eigenvalue weighted by Gasteiger charge is 2.38. The van der Waals surface area contributed by atoms with Crippen LogP contribution in [0.2, 0.25) is 108 Å². The average molecular weight is 1260 g/mol. The lowest BCUT2D eigenvalue weighted by Gasteiger charge is -2.30. The molecule has 10 rings (SSSR count). The lowest BCUT2D eigenvalue weighted by atomic mass is 9.79. The van der Waals surface area contributed by atoms with Crippen LogP contribution in [0.5, 0.6) is 0 Å². The van der Waals surface area contributed by atoms with E-state index in [1.54, 1.807) is 12.2 Å². The van der Waals surface area contributed by atoms with Crippen LogP contribution in [0.1, 0.15) is 100 Å². The maximum absolute atomic E-state index is 6.33. The summed E-state index contributed by atoms with van der Waals surface area (Å²) in [5, 5.41) is 10.2. The van der Waals surface area contributed by atoms with Gasteiger partial charge in [-0.25, -0.2) is 15.0 Å². The fraction of sp³-hybridized carbons (Fsp3) is 0.612. The van der Waals surface area contributed by atoms with Crippen molar-refractivity contribution in [1.29, 1.82) is 0 Å². The molecule has 14 nitrogen and oxygen atoms in total. The number of hydrogen-bond donors (Lipinski definition) is 0. The molecule has 0 aromatic carbocycles. The van der Waals surface area contributed by atoms with Crippen molar-refractivity contribution in [3.8, 4) is 22.3 Å². The Kier molecular flexibility index (Phi) is 23.9. The van der Waals surface area contributed by atoms with Gasteiger partial charge in [0.2, 0.25) is 0 Å². The van der Waals surface area contributed by atoms with Crippen molar-refractivity contribution < 1.29 is 18.9 Å². The van der Waals surface area contributed by atoms with Crippen LogP contribution in [-0.4, -0.2) is 125 Å². The van der Waals surface area contributed by atoms with Crippen LogP contribution in [0.15, 0.2) is 80.4 Å². The minimum Gasteiger partial charge on any atom is -0.361 e. The molecule has 4 fully saturated rings. The molecule has 4 aliphatic rings. The zero-order chi connectivity index (χ0) is 61.8. The van der Waals surface area contributed by atoms with Gasteiger partial charge >= 0.3 is 0 Å². The zero-order valence-corrected chi connectivity index (χ0v) is 59.6. The van der Waals surface area contributed by atoms with Gasteiger partial charge < -0.3 is 28.7 Å². The molecule has 0 spiro atoms. The second kappa shape index (κ2) is 30.4. The number of nitrogens with zero attached hydrogens (tertiary/aromatic N) is 10. The Bertz CT molecular complexity index is 3050. The summed E-state index contributed by atoms with van der Waals surface area (Å²) >= 11 is 6.12. The van der Waals surface area contributed by atoms with Gasteiger partial charge in [-0.05, 0) is 118 Å². The predicted octanol–water partition coefficient (Wildman–Crippen LogP) is 17.5. The minimum absolute atomic E-state index is 0.462. The van der Waals surface area contributed by atoms with Crippen LogP contribution in [0, 0.1) is 23.7 Å². The normalized spacial score (nSPS) is 20.3. The molecule has 19 heteroatoms. The summed E-state index contributed by atoms with van der Waals surface area (Å²) in [5.41, 5.74) is 8.89. The lowest BCUT2D eigenvalue weighted by molar-refractivity contribution is 0.0940. The summed E-state index contributed by atoms with van der Waals surface area (Å²) < 4.78 is 29.2. The second-order valence-corrected chi connectivity index (χ2v) is 52.9. The topological polar surface area (TPSA) is 130 Å². The second-order valence-electron chi connectivity index (χ2n) is 30.0. The van der Waals surface area contributed by atoms with E-state index < -0.39 is 32.3 Å². The van der Waals surface area contributed by atoms with Crippen molar-refractivity contribution in [3.05, 3.63) is 103 Å². The standard InChI is InChI=1S/C33H51N5O2Si2.C31H48ClN5O2Si2.C3H6/c1-8-29-12-11-27(21-34-29)30-22-35-38-32(20-31(36-33(30)38)28-18-25-9-10-26(17-25)19-28)37(23-39-13-15-41(2,3)4)24-40-14-16-42(5,6)7;1-40(2,3)13-11-38-21-36(22-39-12-14-41(4,5)6)30-18-28(26-16-23-7-8-24(15-23)17-26)35-31-27(20-34-37(30)31)25-9-10-29(32)33-19-25;1-3-2/h8,11-12,20-22,25-26,28H,1,9-10,13-19,23-24H2,2-7H3;9-10,18-20,23-24,26H,7-8,11-17,21-22H2,1-6H3;3H,1H2,2H3/t25-,26+,28?;23-,24+,26?;. The molecule has 6 aromatic rings. The van der Waals surface area contributed by atoms with Gasteiger partial charge in [0.05, 0.1) is 18.1 Å². The molecule has 470 valence electrons. The molecule has 0 radical (unpaired) electrons. The molecule has 4 saturated carbocycles. The van der Waals surface area contributed by atoms with Crippen molar-refractivity contribution in [1.82, 2.24) is 39.2 Å². The Morgan fingerprint density at radius 1 is 0.512 bits per heavy atom. The quantitative estimate of drug-likeness (QED) is 0.0160. The largest absolute Gasteiger partial charge is 0.361 e. The highest BCUT2D eigenvalue weighted by Crippen LogP contribution is 2.50. The smallest absolute Gasteiger partial charge is 0.165 e. The Morgan fingerprint density at radius 2 is 0.860 bits per heavy atom. The molecule has 86 heavy (non-hydrogen) atoms. The third kappa shape index (κ3) is 19.8. The Hall–Kier alpha value is -4.38. The van der Waals surface area contributed by atoms with Crippen LogP contribution >= 0.6 is 11.6 Å². The molecule has 4 bridgehead atoms. The molecule has 0 amide bonds. The molecule has 6 aromatic heterocycles. The molecule has 6 atom stereocenters. The van der Waals surface area contributed by atoms with Gasteiger partial charge in [0, 0.05) is 129 Å². The number of allylic oxidation sites excluding steroid dienone is 1. The van der Waals surface area contributed by atoms with Crippen molar-refractivity contribution in [2.75, 3.05) is 63.2 Å². The summed E-state index contributed by atoms with van der Waals surface area (Å²) in [6.07, 6.45) is 24.3. The summed E-state index contributed by atoms with van der Waals surface area (Å²) in [4.78, 5) is 24.0. The van der Waals surface area contributed by atoms with Crippen molar-refractivity contribution in [2.45, 2.75) is 186 Å². The van der Waals surface area contributed by atoms with Crippen LogP contribution in [0.3, 0.4) is 0 Å². The van der Waals surface area contributed by atoms with Gasteiger partial charge in [-0.1, -0.05) is 135 Å². The molecular weight excluding hydrogens is 1160 g/mol. The fourth-order valence-electron chi connectivity index (χ4n) is 12.5. The van der Waals surface area contributed by atoms with Crippen LogP contribution in [0.25, 0.3) is 39.6 Å². The number of rotatable bonds is 27. The molecule has 2 unspecified atom stereocenters. The van der Waals surface area contributed by atoms with Crippen LogP contribution in [-0.2, 0) is 18.9 Å². The highest BCUT2D eigenvalue weighted by molar-refractivity contribution is 6.77. The van der Waals surface area contributed by atoms with E-state index in [4.69, 9.17) is 50.7 Å². The Morgan fingerprint density at radius 3 is 1.16 bits per heavy atom. The van der Waals surface area contributed by atoms with E-state index >= 15 is 0 Å². The van der Waals surface area contributed by atoms with Gasteiger partial charge in [-0.2, -0.15) is 19.2 Å². The number of fused-ring (bicyclic) bond motifs is 6. The highest BCUT2D eigenvalue weighted by atomic mass is 35.5. The fourth-order valence-corrected chi connectivity index (χ4v) is 15.6. The first kappa shape index (κ1) is 67.5. The van der Waals surface area contributed by atoms with Gasteiger partial charge in [-0.15, -0.1) is 6.58 Å². The summed E-state index contributed by atoms with van der Waals surface area (Å²) in [6, 6.07) is 17.0. The minimum atomic E-state index is -1.19. The van der Waals surface area contributed by atoms with Gasteiger partial charge in [0.25, 0.3) is 0 Å². The van der Waals surface area contributed by atoms with E-state index in [-0.39, 0.29) is 0 Å². The summed E-state index contributed by atoms with van der Waals surface area (Å²) in [6.45, 7) is 42.7. The first-order chi connectivity index (χ1) is 40.9. The van der Waals surface area contributed by atoms with E-state index in [9.17, 15) is 0 Å². The van der Waals surface area contributed by atoms with Crippen LogP contribution < -0.4 is 9.80 Å². The maximum Gasteiger partial charge on any atom is 0.165 e. The first-order valence-electron chi connectivity index (χ1n) is 32.2. The third-order valence-corrected chi connectivity index (χ3v) is 24.6. The molecule has 0 N–H and O–H groups in total. The monoisotopic (exact) mass is 1260 g/mol. The predicted molar refractivity (Wildman–Crippen MR) is 370 cm³/mol.